The van der Waals surface area contributed by atoms with Crippen LogP contribution in [0, 0.1) is 5.92 Å². The van der Waals surface area contributed by atoms with Crippen molar-refractivity contribution in [2.75, 3.05) is 26.7 Å². The molecular formula is C26H33N3O2. The molecule has 2 fully saturated rings. The van der Waals surface area contributed by atoms with Crippen LogP contribution in [0.15, 0.2) is 48.5 Å². The number of carbonyl (C=O) groups is 1. The first-order valence-corrected chi connectivity index (χ1v) is 11.7. The highest BCUT2D eigenvalue weighted by molar-refractivity contribution is 5.75. The summed E-state index contributed by atoms with van der Waals surface area (Å²) in [4.78, 5) is 18.1. The van der Waals surface area contributed by atoms with Crippen LogP contribution >= 0.6 is 0 Å². The summed E-state index contributed by atoms with van der Waals surface area (Å²) in [5.41, 5.74) is 3.98. The zero-order chi connectivity index (χ0) is 21.4. The van der Waals surface area contributed by atoms with Crippen LogP contribution in [-0.2, 0) is 6.42 Å². The number of nitrogens with zero attached hydrogens (tertiary/aromatic N) is 2. The van der Waals surface area contributed by atoms with Gasteiger partial charge < -0.3 is 15.0 Å². The molecule has 0 unspecified atom stereocenters. The summed E-state index contributed by atoms with van der Waals surface area (Å²) in [6, 6.07) is 17.6. The summed E-state index contributed by atoms with van der Waals surface area (Å²) in [6.07, 6.45) is 4.43. The van der Waals surface area contributed by atoms with Crippen molar-refractivity contribution in [3.05, 3.63) is 65.2 Å². The fraction of sp³-hybridized carbons (Fsp3) is 0.500. The number of carbonyl (C=O) groups excluding carboxylic acids is 1. The highest BCUT2D eigenvalue weighted by atomic mass is 16.5. The lowest BCUT2D eigenvalue weighted by atomic mass is 9.76. The van der Waals surface area contributed by atoms with Crippen LogP contribution in [0.5, 0.6) is 5.75 Å². The minimum absolute atomic E-state index is 0.0111. The first-order chi connectivity index (χ1) is 15.1. The van der Waals surface area contributed by atoms with Crippen LogP contribution in [-0.4, -0.2) is 48.6 Å². The second-order valence-electron chi connectivity index (χ2n) is 9.31. The summed E-state index contributed by atoms with van der Waals surface area (Å²) in [6.45, 7) is 5.13. The van der Waals surface area contributed by atoms with Crippen molar-refractivity contribution in [3.63, 3.8) is 0 Å². The van der Waals surface area contributed by atoms with Gasteiger partial charge in [0.2, 0.25) is 0 Å². The van der Waals surface area contributed by atoms with Crippen molar-refractivity contribution in [3.8, 4) is 5.75 Å². The minimum atomic E-state index is 0.0111. The summed E-state index contributed by atoms with van der Waals surface area (Å²) < 4.78 is 5.45. The molecule has 3 aliphatic heterocycles. The maximum absolute atomic E-state index is 13.3. The third-order valence-corrected chi connectivity index (χ3v) is 7.57. The Morgan fingerprint density at radius 1 is 1.16 bits per heavy atom. The van der Waals surface area contributed by atoms with Crippen LogP contribution in [0.1, 0.15) is 55.0 Å². The van der Waals surface area contributed by atoms with Crippen LogP contribution in [0.4, 0.5) is 4.79 Å². The van der Waals surface area contributed by atoms with Gasteiger partial charge in [0.05, 0.1) is 13.2 Å². The predicted octanol–water partition coefficient (Wildman–Crippen LogP) is 4.55. The number of urea groups is 1. The van der Waals surface area contributed by atoms with Crippen molar-refractivity contribution in [1.29, 1.82) is 0 Å². The molecule has 0 bridgehead atoms. The number of methoxy groups -OCH3 is 1. The Kier molecular flexibility index (Phi) is 5.61. The van der Waals surface area contributed by atoms with Crippen molar-refractivity contribution in [2.45, 2.75) is 50.7 Å². The molecule has 2 saturated heterocycles. The van der Waals surface area contributed by atoms with Crippen LogP contribution in [0.2, 0.25) is 0 Å². The monoisotopic (exact) mass is 419 g/mol. The van der Waals surface area contributed by atoms with Crippen molar-refractivity contribution in [1.82, 2.24) is 15.1 Å². The zero-order valence-corrected chi connectivity index (χ0v) is 18.6. The van der Waals surface area contributed by atoms with Gasteiger partial charge in [-0.25, -0.2) is 4.79 Å². The first kappa shape index (κ1) is 20.4. The molecule has 0 aromatic heterocycles. The number of amides is 2. The average molecular weight is 420 g/mol. The topological polar surface area (TPSA) is 44.8 Å². The second kappa shape index (κ2) is 8.54. The molecule has 4 atom stereocenters. The third kappa shape index (κ3) is 3.91. The van der Waals surface area contributed by atoms with E-state index in [0.717, 1.165) is 50.2 Å². The Balaban J connectivity index is 1.34. The lowest BCUT2D eigenvalue weighted by Gasteiger charge is -2.52. The molecule has 0 radical (unpaired) electrons. The molecule has 2 aromatic rings. The number of rotatable bonds is 3. The van der Waals surface area contributed by atoms with Gasteiger partial charge in [0.25, 0.3) is 0 Å². The Labute approximate surface area is 185 Å². The zero-order valence-electron chi connectivity index (χ0n) is 18.6. The molecule has 1 N–H and O–H groups in total. The van der Waals surface area contributed by atoms with Gasteiger partial charge >= 0.3 is 6.03 Å². The molecule has 0 aliphatic carbocycles. The number of hydrogen-bond donors (Lipinski definition) is 1. The molecule has 5 nitrogen and oxygen atoms in total. The van der Waals surface area contributed by atoms with Gasteiger partial charge in [-0.15, -0.1) is 0 Å². The smallest absolute Gasteiger partial charge is 0.318 e. The fourth-order valence-electron chi connectivity index (χ4n) is 5.91. The second-order valence-corrected chi connectivity index (χ2v) is 9.31. The number of ether oxygens (including phenoxy) is 1. The normalized spacial score (nSPS) is 26.3. The van der Waals surface area contributed by atoms with Crippen molar-refractivity contribution in [2.24, 2.45) is 5.92 Å². The van der Waals surface area contributed by atoms with Gasteiger partial charge in [-0.2, -0.15) is 0 Å². The van der Waals surface area contributed by atoms with E-state index in [1.807, 2.05) is 18.2 Å². The largest absolute Gasteiger partial charge is 0.497 e. The Bertz CT molecular complexity index is 932. The highest BCUT2D eigenvalue weighted by Gasteiger charge is 2.44. The molecule has 5 rings (SSSR count). The molecule has 5 heteroatoms. The molecule has 0 saturated carbocycles. The minimum Gasteiger partial charge on any atom is -0.497 e. The Morgan fingerprint density at radius 2 is 2.00 bits per heavy atom. The van der Waals surface area contributed by atoms with E-state index in [9.17, 15) is 4.79 Å². The lowest BCUT2D eigenvalue weighted by Crippen LogP contribution is -2.59. The Morgan fingerprint density at radius 3 is 2.81 bits per heavy atom. The molecule has 31 heavy (non-hydrogen) atoms. The molecule has 3 heterocycles. The number of piperidine rings is 2. The molecule has 2 aromatic carbocycles. The number of hydrogen-bond acceptors (Lipinski definition) is 3. The van der Waals surface area contributed by atoms with E-state index >= 15 is 0 Å². The van der Waals surface area contributed by atoms with Crippen LogP contribution in [0.25, 0.3) is 0 Å². The lowest BCUT2D eigenvalue weighted by molar-refractivity contribution is 0.00530. The predicted molar refractivity (Wildman–Crippen MR) is 122 cm³/mol. The summed E-state index contributed by atoms with van der Waals surface area (Å²) >= 11 is 0. The van der Waals surface area contributed by atoms with Gasteiger partial charge in [-0.3, -0.25) is 4.90 Å². The number of likely N-dealkylation sites (tertiary alicyclic amines) is 1. The molecule has 0 spiro atoms. The maximum Gasteiger partial charge on any atom is 0.318 e. The van der Waals surface area contributed by atoms with Gasteiger partial charge in [0.1, 0.15) is 5.75 Å². The number of benzene rings is 2. The molecule has 2 amide bonds. The third-order valence-electron chi connectivity index (χ3n) is 7.57. The van der Waals surface area contributed by atoms with Gasteiger partial charge in [0, 0.05) is 31.7 Å². The van der Waals surface area contributed by atoms with E-state index in [0.29, 0.717) is 18.0 Å². The van der Waals surface area contributed by atoms with Gasteiger partial charge in [-0.05, 0) is 67.3 Å². The summed E-state index contributed by atoms with van der Waals surface area (Å²) in [5, 5.41) is 3.26. The van der Waals surface area contributed by atoms with E-state index in [4.69, 9.17) is 4.74 Å². The van der Waals surface area contributed by atoms with Crippen LogP contribution < -0.4 is 10.1 Å². The summed E-state index contributed by atoms with van der Waals surface area (Å²) in [5.74, 6) is 1.51. The van der Waals surface area contributed by atoms with E-state index in [1.165, 1.54) is 17.5 Å². The Hall–Kier alpha value is -2.53. The number of fused-ring (bicyclic) bond motifs is 4. The van der Waals surface area contributed by atoms with Crippen LogP contribution in [0.3, 0.4) is 0 Å². The van der Waals surface area contributed by atoms with E-state index in [1.54, 1.807) is 7.11 Å². The van der Waals surface area contributed by atoms with Gasteiger partial charge in [-0.1, -0.05) is 36.4 Å². The van der Waals surface area contributed by atoms with Crippen molar-refractivity contribution < 1.29 is 9.53 Å². The quantitative estimate of drug-likeness (QED) is 0.794. The van der Waals surface area contributed by atoms with Gasteiger partial charge in [0.15, 0.2) is 0 Å². The first-order valence-electron chi connectivity index (χ1n) is 11.7. The highest BCUT2D eigenvalue weighted by Crippen LogP contribution is 2.43. The molecular weight excluding hydrogens is 386 g/mol. The number of nitrogens with one attached hydrogen (secondary N) is 1. The standard InChI is InChI=1S/C26H33N3O2/c1-18(19-7-4-3-5-8-19)27-26(30)29-13-6-9-21-17-28-14-12-20-15-22(31-2)10-11-23(20)25(28)16-24(21)29/h3-5,7-8,10-11,15,18,21,24-25H,6,9,12-14,16-17H2,1-2H3,(H,27,30)/t18-,21-,24+,25+/m1/s1. The maximum atomic E-state index is 13.3. The van der Waals surface area contributed by atoms with E-state index in [-0.39, 0.29) is 12.1 Å². The SMILES string of the molecule is COc1ccc2c(c1)CCN1C[C@H]3CCCN(C(=O)N[C@H](C)c4ccccc4)[C@H]3C[C@@H]21. The summed E-state index contributed by atoms with van der Waals surface area (Å²) in [7, 11) is 1.73. The van der Waals surface area contributed by atoms with Crippen molar-refractivity contribution >= 4 is 6.03 Å². The molecule has 164 valence electrons. The average Bonchev–Trinajstić information content (AvgIpc) is 2.82. The van der Waals surface area contributed by atoms with E-state index in [2.05, 4.69) is 52.4 Å². The molecule has 3 aliphatic rings. The van der Waals surface area contributed by atoms with E-state index < -0.39 is 0 Å². The fourth-order valence-corrected chi connectivity index (χ4v) is 5.91.